The van der Waals surface area contributed by atoms with Crippen molar-refractivity contribution in [2.24, 2.45) is 5.73 Å². The predicted molar refractivity (Wildman–Crippen MR) is 65.9 cm³/mol. The van der Waals surface area contributed by atoms with E-state index < -0.39 is 5.91 Å². The molecular weight excluding hydrogens is 234 g/mol. The largest absolute Gasteiger partial charge is 0.492 e. The Balaban J connectivity index is 2.45. The number of benzene rings is 1. The van der Waals surface area contributed by atoms with Gasteiger partial charge in [0.25, 0.3) is 0 Å². The Kier molecular flexibility index (Phi) is 3.54. The third-order valence-corrected chi connectivity index (χ3v) is 3.18. The average molecular weight is 251 g/mol. The van der Waals surface area contributed by atoms with Gasteiger partial charge in [0.2, 0.25) is 5.91 Å². The minimum Gasteiger partial charge on any atom is -0.492 e. The van der Waals surface area contributed by atoms with Crippen LogP contribution in [0.2, 0.25) is 0 Å². The van der Waals surface area contributed by atoms with Crippen molar-refractivity contribution >= 4 is 5.91 Å². The van der Waals surface area contributed by atoms with E-state index in [1.807, 2.05) is 0 Å². The lowest BCUT2D eigenvalue weighted by Gasteiger charge is -2.26. The first kappa shape index (κ1) is 12.9. The van der Waals surface area contributed by atoms with E-state index in [2.05, 4.69) is 0 Å². The average Bonchev–Trinajstić information content (AvgIpc) is 2.69. The van der Waals surface area contributed by atoms with Crippen LogP contribution in [0.4, 0.5) is 0 Å². The van der Waals surface area contributed by atoms with E-state index in [0.717, 1.165) is 11.3 Å². The molecule has 0 atom stereocenters. The van der Waals surface area contributed by atoms with Crippen LogP contribution < -0.4 is 10.5 Å². The maximum Gasteiger partial charge on any atom is 0.248 e. The van der Waals surface area contributed by atoms with Gasteiger partial charge in [0, 0.05) is 25.3 Å². The van der Waals surface area contributed by atoms with E-state index in [9.17, 15) is 4.79 Å². The molecule has 0 bridgehead atoms. The summed E-state index contributed by atoms with van der Waals surface area (Å²) < 4.78 is 16.2. The highest BCUT2D eigenvalue weighted by atomic mass is 16.5. The zero-order valence-corrected chi connectivity index (χ0v) is 10.6. The standard InChI is InChI=1S/C13H17NO4/c1-16-6-13(7-17-2)8-18-11-4-3-9(12(14)15)5-10(11)13/h3-5H,6-8H2,1-2H3,(H2,14,15). The summed E-state index contributed by atoms with van der Waals surface area (Å²) in [5.74, 6) is 0.308. The fourth-order valence-corrected chi connectivity index (χ4v) is 2.35. The number of methoxy groups -OCH3 is 2. The quantitative estimate of drug-likeness (QED) is 0.836. The molecule has 1 amide bonds. The Hall–Kier alpha value is -1.59. The molecule has 5 heteroatoms. The summed E-state index contributed by atoms with van der Waals surface area (Å²) in [6.07, 6.45) is 0. The van der Waals surface area contributed by atoms with Crippen molar-refractivity contribution in [3.05, 3.63) is 29.3 Å². The van der Waals surface area contributed by atoms with Gasteiger partial charge < -0.3 is 19.9 Å². The van der Waals surface area contributed by atoms with Crippen LogP contribution >= 0.6 is 0 Å². The van der Waals surface area contributed by atoms with Gasteiger partial charge in [0.05, 0.1) is 18.6 Å². The van der Waals surface area contributed by atoms with Crippen LogP contribution in [-0.2, 0) is 14.9 Å². The highest BCUT2D eigenvalue weighted by Crippen LogP contribution is 2.39. The number of primary amides is 1. The number of nitrogens with two attached hydrogens (primary N) is 1. The van der Waals surface area contributed by atoms with Crippen LogP contribution in [0.5, 0.6) is 5.75 Å². The van der Waals surface area contributed by atoms with E-state index in [1.165, 1.54) is 0 Å². The summed E-state index contributed by atoms with van der Waals surface area (Å²) in [6.45, 7) is 1.42. The fourth-order valence-electron chi connectivity index (χ4n) is 2.35. The molecule has 0 radical (unpaired) electrons. The Morgan fingerprint density at radius 1 is 1.39 bits per heavy atom. The maximum atomic E-state index is 11.2. The van der Waals surface area contributed by atoms with Gasteiger partial charge in [-0.2, -0.15) is 0 Å². The number of carbonyl (C=O) groups is 1. The summed E-state index contributed by atoms with van der Waals surface area (Å²) in [5.41, 5.74) is 6.32. The molecule has 1 aromatic rings. The molecule has 1 aliphatic rings. The van der Waals surface area contributed by atoms with E-state index in [-0.39, 0.29) is 5.41 Å². The first-order valence-electron chi connectivity index (χ1n) is 5.68. The number of carbonyl (C=O) groups excluding carboxylic acids is 1. The van der Waals surface area contributed by atoms with Crippen molar-refractivity contribution in [1.29, 1.82) is 0 Å². The summed E-state index contributed by atoms with van der Waals surface area (Å²) in [4.78, 5) is 11.2. The Morgan fingerprint density at radius 3 is 2.61 bits per heavy atom. The first-order valence-corrected chi connectivity index (χ1v) is 5.68. The molecule has 0 saturated carbocycles. The molecule has 2 rings (SSSR count). The van der Waals surface area contributed by atoms with Gasteiger partial charge in [0.1, 0.15) is 12.4 Å². The molecular formula is C13H17NO4. The molecule has 5 nitrogen and oxygen atoms in total. The second-order valence-electron chi connectivity index (χ2n) is 4.51. The molecule has 1 aliphatic heterocycles. The number of hydrogen-bond donors (Lipinski definition) is 1. The van der Waals surface area contributed by atoms with Crippen LogP contribution in [0.25, 0.3) is 0 Å². The summed E-state index contributed by atoms with van der Waals surface area (Å²) in [7, 11) is 3.26. The molecule has 2 N–H and O–H groups in total. The van der Waals surface area contributed by atoms with Gasteiger partial charge in [-0.25, -0.2) is 0 Å². The maximum absolute atomic E-state index is 11.2. The van der Waals surface area contributed by atoms with Gasteiger partial charge >= 0.3 is 0 Å². The van der Waals surface area contributed by atoms with Crippen LogP contribution in [0.3, 0.4) is 0 Å². The highest BCUT2D eigenvalue weighted by Gasteiger charge is 2.41. The minimum absolute atomic E-state index is 0.371. The number of ether oxygens (including phenoxy) is 3. The van der Waals surface area contributed by atoms with E-state index >= 15 is 0 Å². The zero-order chi connectivity index (χ0) is 13.2. The first-order chi connectivity index (χ1) is 8.63. The van der Waals surface area contributed by atoms with Crippen molar-refractivity contribution in [1.82, 2.24) is 0 Å². The molecule has 1 heterocycles. The van der Waals surface area contributed by atoms with Crippen molar-refractivity contribution < 1.29 is 19.0 Å². The molecule has 98 valence electrons. The lowest BCUT2D eigenvalue weighted by Crippen LogP contribution is -2.38. The summed E-state index contributed by atoms with van der Waals surface area (Å²) in [6, 6.07) is 5.20. The molecule has 0 aromatic heterocycles. The topological polar surface area (TPSA) is 70.8 Å². The lowest BCUT2D eigenvalue weighted by molar-refractivity contribution is 0.0471. The van der Waals surface area contributed by atoms with E-state index in [4.69, 9.17) is 19.9 Å². The highest BCUT2D eigenvalue weighted by molar-refractivity contribution is 5.93. The number of amides is 1. The van der Waals surface area contributed by atoms with Crippen LogP contribution in [0.1, 0.15) is 15.9 Å². The second-order valence-corrected chi connectivity index (χ2v) is 4.51. The molecule has 0 aliphatic carbocycles. The van der Waals surface area contributed by atoms with E-state index in [0.29, 0.717) is 25.4 Å². The Bertz CT molecular complexity index is 447. The Labute approximate surface area is 106 Å². The van der Waals surface area contributed by atoms with Crippen molar-refractivity contribution in [2.45, 2.75) is 5.41 Å². The normalized spacial score (nSPS) is 16.1. The molecule has 18 heavy (non-hydrogen) atoms. The number of fused-ring (bicyclic) bond motifs is 1. The molecule has 0 spiro atoms. The summed E-state index contributed by atoms with van der Waals surface area (Å²) in [5, 5.41) is 0. The van der Waals surface area contributed by atoms with Gasteiger partial charge in [-0.15, -0.1) is 0 Å². The van der Waals surface area contributed by atoms with Gasteiger partial charge in [-0.1, -0.05) is 0 Å². The Morgan fingerprint density at radius 2 is 2.06 bits per heavy atom. The fraction of sp³-hybridized carbons (Fsp3) is 0.462. The van der Waals surface area contributed by atoms with Crippen molar-refractivity contribution in [3.63, 3.8) is 0 Å². The third-order valence-electron chi connectivity index (χ3n) is 3.18. The second kappa shape index (κ2) is 4.96. The molecule has 1 aromatic carbocycles. The lowest BCUT2D eigenvalue weighted by atomic mass is 9.83. The minimum atomic E-state index is -0.451. The SMILES string of the molecule is COCC1(COC)COc2ccc(C(N)=O)cc21. The third kappa shape index (κ3) is 2.07. The molecule has 0 saturated heterocycles. The monoisotopic (exact) mass is 251 g/mol. The van der Waals surface area contributed by atoms with Crippen LogP contribution in [0, 0.1) is 0 Å². The smallest absolute Gasteiger partial charge is 0.248 e. The number of rotatable bonds is 5. The zero-order valence-electron chi connectivity index (χ0n) is 10.6. The number of hydrogen-bond acceptors (Lipinski definition) is 4. The molecule has 0 fully saturated rings. The van der Waals surface area contributed by atoms with Gasteiger partial charge in [0.15, 0.2) is 0 Å². The van der Waals surface area contributed by atoms with Crippen LogP contribution in [0.15, 0.2) is 18.2 Å². The van der Waals surface area contributed by atoms with Crippen molar-refractivity contribution in [3.8, 4) is 5.75 Å². The van der Waals surface area contributed by atoms with E-state index in [1.54, 1.807) is 32.4 Å². The van der Waals surface area contributed by atoms with Gasteiger partial charge in [-0.3, -0.25) is 4.79 Å². The summed E-state index contributed by atoms with van der Waals surface area (Å²) >= 11 is 0. The van der Waals surface area contributed by atoms with Crippen molar-refractivity contribution in [2.75, 3.05) is 34.0 Å². The van der Waals surface area contributed by atoms with Gasteiger partial charge in [-0.05, 0) is 18.2 Å². The molecule has 0 unspecified atom stereocenters. The predicted octanol–water partition coefficient (Wildman–Crippen LogP) is 0.709. The van der Waals surface area contributed by atoms with Crippen LogP contribution in [-0.4, -0.2) is 39.9 Å².